The van der Waals surface area contributed by atoms with Crippen molar-refractivity contribution in [2.45, 2.75) is 18.4 Å². The summed E-state index contributed by atoms with van der Waals surface area (Å²) in [4.78, 5) is 0.205. The van der Waals surface area contributed by atoms with Crippen LogP contribution in [0.15, 0.2) is 53.4 Å². The maximum atomic E-state index is 12.1. The first-order valence-corrected chi connectivity index (χ1v) is 8.76. The van der Waals surface area contributed by atoms with Gasteiger partial charge < -0.3 is 9.47 Å². The highest BCUT2D eigenvalue weighted by Crippen LogP contribution is 2.15. The molecule has 1 N–H and O–H groups in total. The molecule has 0 aliphatic rings. The average molecular weight is 335 g/mol. The third kappa shape index (κ3) is 5.35. The number of rotatable bonds is 8. The van der Waals surface area contributed by atoms with Gasteiger partial charge in [-0.15, -0.1) is 0 Å². The lowest BCUT2D eigenvalue weighted by atomic mass is 10.2. The third-order valence-electron chi connectivity index (χ3n) is 3.30. The van der Waals surface area contributed by atoms with Gasteiger partial charge in [-0.25, -0.2) is 13.1 Å². The number of nitrogens with one attached hydrogen (secondary N) is 1. The summed E-state index contributed by atoms with van der Waals surface area (Å²) in [5.41, 5.74) is 2.26. The van der Waals surface area contributed by atoms with Gasteiger partial charge in [-0.1, -0.05) is 29.8 Å². The zero-order chi connectivity index (χ0) is 16.7. The van der Waals surface area contributed by atoms with E-state index in [1.54, 1.807) is 12.1 Å². The van der Waals surface area contributed by atoms with Gasteiger partial charge in [0.25, 0.3) is 0 Å². The van der Waals surface area contributed by atoms with Crippen LogP contribution < -0.4 is 9.46 Å². The molecule has 5 nitrogen and oxygen atoms in total. The molecule has 0 spiro atoms. The molecule has 124 valence electrons. The smallest absolute Gasteiger partial charge is 0.240 e. The Bertz CT molecular complexity index is 709. The Labute approximate surface area is 137 Å². The highest BCUT2D eigenvalue weighted by molar-refractivity contribution is 7.89. The molecule has 0 heterocycles. The van der Waals surface area contributed by atoms with E-state index >= 15 is 0 Å². The minimum absolute atomic E-state index is 0.205. The van der Waals surface area contributed by atoms with Gasteiger partial charge in [-0.05, 0) is 36.8 Å². The quantitative estimate of drug-likeness (QED) is 0.753. The number of ether oxygens (including phenoxy) is 2. The molecule has 0 aliphatic carbocycles. The maximum Gasteiger partial charge on any atom is 0.240 e. The van der Waals surface area contributed by atoms with Gasteiger partial charge in [-0.3, -0.25) is 0 Å². The van der Waals surface area contributed by atoms with E-state index in [0.29, 0.717) is 19.0 Å². The van der Waals surface area contributed by atoms with Crippen LogP contribution in [-0.4, -0.2) is 28.7 Å². The number of benzene rings is 2. The first-order valence-electron chi connectivity index (χ1n) is 7.28. The van der Waals surface area contributed by atoms with Gasteiger partial charge in [-0.2, -0.15) is 0 Å². The van der Waals surface area contributed by atoms with Crippen molar-refractivity contribution in [3.8, 4) is 5.75 Å². The van der Waals surface area contributed by atoms with Crippen molar-refractivity contribution >= 4 is 10.0 Å². The van der Waals surface area contributed by atoms with Crippen molar-refractivity contribution in [2.24, 2.45) is 0 Å². The lowest BCUT2D eigenvalue weighted by Crippen LogP contribution is -2.27. The second-order valence-corrected chi connectivity index (χ2v) is 6.88. The molecule has 0 atom stereocenters. The Balaban J connectivity index is 1.77. The summed E-state index contributed by atoms with van der Waals surface area (Å²) in [5, 5.41) is 0. The highest BCUT2D eigenvalue weighted by Gasteiger charge is 2.12. The second kappa shape index (κ2) is 8.10. The van der Waals surface area contributed by atoms with Crippen molar-refractivity contribution in [1.82, 2.24) is 4.72 Å². The average Bonchev–Trinajstić information content (AvgIpc) is 2.56. The van der Waals surface area contributed by atoms with Crippen LogP contribution >= 0.6 is 0 Å². The molecule has 2 rings (SSSR count). The molecule has 2 aromatic rings. The van der Waals surface area contributed by atoms with Crippen LogP contribution in [-0.2, 0) is 21.4 Å². The zero-order valence-electron chi connectivity index (χ0n) is 13.3. The maximum absolute atomic E-state index is 12.1. The summed E-state index contributed by atoms with van der Waals surface area (Å²) in [5.74, 6) is 0.616. The van der Waals surface area contributed by atoms with E-state index < -0.39 is 10.0 Å². The highest BCUT2D eigenvalue weighted by atomic mass is 32.2. The molecule has 0 unspecified atom stereocenters. The van der Waals surface area contributed by atoms with E-state index in [-0.39, 0.29) is 11.4 Å². The molecule has 0 aromatic heterocycles. The van der Waals surface area contributed by atoms with Crippen LogP contribution in [0.1, 0.15) is 11.1 Å². The van der Waals surface area contributed by atoms with Crippen LogP contribution in [0, 0.1) is 6.92 Å². The van der Waals surface area contributed by atoms with Crippen LogP contribution in [0.25, 0.3) is 0 Å². The standard InChI is InChI=1S/C17H21NO4S/c1-14-3-5-15(6-4-14)13-22-12-11-18-23(19,20)17-9-7-16(21-2)8-10-17/h3-10,18H,11-13H2,1-2H3. The van der Waals surface area contributed by atoms with Crippen LogP contribution in [0.5, 0.6) is 5.75 Å². The van der Waals surface area contributed by atoms with E-state index in [4.69, 9.17) is 9.47 Å². The van der Waals surface area contributed by atoms with Gasteiger partial charge in [0.2, 0.25) is 10.0 Å². The molecule has 0 aliphatic heterocycles. The Morgan fingerprint density at radius 3 is 2.26 bits per heavy atom. The Hall–Kier alpha value is -1.89. The number of hydrogen-bond donors (Lipinski definition) is 1. The summed E-state index contributed by atoms with van der Waals surface area (Å²) in [6, 6.07) is 14.3. The SMILES string of the molecule is COc1ccc(S(=O)(=O)NCCOCc2ccc(C)cc2)cc1. The van der Waals surface area contributed by atoms with Gasteiger partial charge in [0.15, 0.2) is 0 Å². The molecule has 23 heavy (non-hydrogen) atoms. The van der Waals surface area contributed by atoms with Gasteiger partial charge in [0, 0.05) is 6.54 Å². The molecular formula is C17H21NO4S. The zero-order valence-corrected chi connectivity index (χ0v) is 14.1. The Morgan fingerprint density at radius 2 is 1.65 bits per heavy atom. The molecule has 2 aromatic carbocycles. The van der Waals surface area contributed by atoms with Gasteiger partial charge >= 0.3 is 0 Å². The van der Waals surface area contributed by atoms with Crippen LogP contribution in [0.3, 0.4) is 0 Å². The molecule has 0 fully saturated rings. The van der Waals surface area contributed by atoms with E-state index in [1.165, 1.54) is 24.8 Å². The minimum atomic E-state index is -3.52. The van der Waals surface area contributed by atoms with E-state index in [9.17, 15) is 8.42 Å². The number of hydrogen-bond acceptors (Lipinski definition) is 4. The van der Waals surface area contributed by atoms with Crippen molar-refractivity contribution in [2.75, 3.05) is 20.3 Å². The molecule has 0 saturated carbocycles. The number of aryl methyl sites for hydroxylation is 1. The third-order valence-corrected chi connectivity index (χ3v) is 4.77. The van der Waals surface area contributed by atoms with Crippen molar-refractivity contribution in [3.05, 3.63) is 59.7 Å². The molecule has 6 heteroatoms. The first-order chi connectivity index (χ1) is 11.0. The number of sulfonamides is 1. The summed E-state index contributed by atoms with van der Waals surface area (Å²) in [7, 11) is -1.99. The monoisotopic (exact) mass is 335 g/mol. The molecule has 0 radical (unpaired) electrons. The minimum Gasteiger partial charge on any atom is -0.497 e. The molecular weight excluding hydrogens is 314 g/mol. The topological polar surface area (TPSA) is 64.6 Å². The van der Waals surface area contributed by atoms with E-state index in [0.717, 1.165) is 5.56 Å². The molecule has 0 amide bonds. The summed E-state index contributed by atoms with van der Waals surface area (Å²) >= 11 is 0. The van der Waals surface area contributed by atoms with Crippen LogP contribution in [0.4, 0.5) is 0 Å². The normalized spacial score (nSPS) is 11.4. The summed E-state index contributed by atoms with van der Waals surface area (Å²) < 4.78 is 37.2. The van der Waals surface area contributed by atoms with Crippen LogP contribution in [0.2, 0.25) is 0 Å². The van der Waals surface area contributed by atoms with Crippen molar-refractivity contribution in [3.63, 3.8) is 0 Å². The number of methoxy groups -OCH3 is 1. The lowest BCUT2D eigenvalue weighted by molar-refractivity contribution is 0.126. The largest absolute Gasteiger partial charge is 0.497 e. The summed E-state index contributed by atoms with van der Waals surface area (Å²) in [6.07, 6.45) is 0. The predicted octanol–water partition coefficient (Wildman–Crippen LogP) is 2.50. The van der Waals surface area contributed by atoms with Gasteiger partial charge in [0.05, 0.1) is 25.2 Å². The fraction of sp³-hybridized carbons (Fsp3) is 0.294. The first kappa shape index (κ1) is 17.5. The molecule has 0 saturated heterocycles. The van der Waals surface area contributed by atoms with E-state index in [1.807, 2.05) is 31.2 Å². The fourth-order valence-corrected chi connectivity index (χ4v) is 2.97. The second-order valence-electron chi connectivity index (χ2n) is 5.11. The summed E-state index contributed by atoms with van der Waals surface area (Å²) in [6.45, 7) is 3.02. The Morgan fingerprint density at radius 1 is 1.00 bits per heavy atom. The molecule has 0 bridgehead atoms. The van der Waals surface area contributed by atoms with E-state index in [2.05, 4.69) is 4.72 Å². The lowest BCUT2D eigenvalue weighted by Gasteiger charge is -2.08. The Kier molecular flexibility index (Phi) is 6.15. The predicted molar refractivity (Wildman–Crippen MR) is 89.0 cm³/mol. The van der Waals surface area contributed by atoms with Crippen molar-refractivity contribution < 1.29 is 17.9 Å². The van der Waals surface area contributed by atoms with Crippen molar-refractivity contribution in [1.29, 1.82) is 0 Å². The fourth-order valence-electron chi connectivity index (χ4n) is 1.96. The van der Waals surface area contributed by atoms with Gasteiger partial charge in [0.1, 0.15) is 5.75 Å².